The van der Waals surface area contributed by atoms with Crippen LogP contribution in [0.2, 0.25) is 0 Å². The lowest BCUT2D eigenvalue weighted by Gasteiger charge is -2.19. The zero-order valence-electron chi connectivity index (χ0n) is 25.7. The zero-order valence-corrected chi connectivity index (χ0v) is 26.6. The molecule has 2 aromatic rings. The van der Waals surface area contributed by atoms with Crippen molar-refractivity contribution < 1.29 is 43.0 Å². The number of esters is 2. The molecule has 1 aliphatic heterocycles. The van der Waals surface area contributed by atoms with Crippen LogP contribution in [0.5, 0.6) is 0 Å². The molecule has 252 valence electrons. The van der Waals surface area contributed by atoms with Crippen LogP contribution < -0.4 is 11.2 Å². The summed E-state index contributed by atoms with van der Waals surface area (Å²) in [6, 6.07) is 6.09. The predicted octanol–water partition coefficient (Wildman–Crippen LogP) is 3.72. The number of aromatic amines is 1. The number of carbonyl (C=O) groups excluding carboxylic acids is 3. The fraction of sp³-hybridized carbons (Fsp3) is 0.567. The molecule has 0 saturated carbocycles. The molecule has 1 aromatic heterocycles. The standard InChI is InChI=1S/C30H39N3O12S/c1-19-16-32(29(37)31-28(19)36)25-15-23(45-27(35)12-11-26(34)41-13-7-3-4-8-14-46)24(44-25)18-43-30(38)42-17-20(2)21-9-5-6-10-22(21)33(39)40/h5-6,9-10,16,20,23-25,46H,3-4,7-8,11-15,17-18H2,1-2H3,(H,31,36,37)/t20?,23-,24+,25+/m0/s1. The molecule has 1 fully saturated rings. The van der Waals surface area contributed by atoms with Gasteiger partial charge in [-0.2, -0.15) is 12.6 Å². The summed E-state index contributed by atoms with van der Waals surface area (Å²) in [5.41, 5.74) is -0.798. The number of hydrogen-bond donors (Lipinski definition) is 2. The molecule has 0 amide bonds. The van der Waals surface area contributed by atoms with Crippen LogP contribution in [0.1, 0.15) is 75.1 Å². The highest BCUT2D eigenvalue weighted by molar-refractivity contribution is 7.80. The number of rotatable bonds is 17. The van der Waals surface area contributed by atoms with E-state index in [9.17, 15) is 34.1 Å². The molecule has 3 rings (SSSR count). The largest absolute Gasteiger partial charge is 0.508 e. The molecule has 1 aromatic carbocycles. The third-order valence-electron chi connectivity index (χ3n) is 7.25. The van der Waals surface area contributed by atoms with Crippen molar-refractivity contribution in [1.29, 1.82) is 0 Å². The smallest absolute Gasteiger partial charge is 0.466 e. The molecule has 0 spiro atoms. The molecule has 15 nitrogen and oxygen atoms in total. The first-order chi connectivity index (χ1) is 22.0. The molecule has 1 saturated heterocycles. The quantitative estimate of drug-likeness (QED) is 0.0622. The van der Waals surface area contributed by atoms with Gasteiger partial charge in [-0.15, -0.1) is 0 Å². The van der Waals surface area contributed by atoms with Gasteiger partial charge in [0.15, 0.2) is 0 Å². The van der Waals surface area contributed by atoms with E-state index in [1.54, 1.807) is 19.1 Å². The van der Waals surface area contributed by atoms with E-state index in [-0.39, 0.29) is 43.7 Å². The second-order valence-corrected chi connectivity index (χ2v) is 11.3. The van der Waals surface area contributed by atoms with Gasteiger partial charge < -0.3 is 23.7 Å². The van der Waals surface area contributed by atoms with Crippen LogP contribution in [0.4, 0.5) is 10.5 Å². The number of para-hydroxylation sites is 1. The second-order valence-electron chi connectivity index (χ2n) is 10.8. The Hall–Kier alpha value is -4.18. The monoisotopic (exact) mass is 665 g/mol. The normalized spacial score (nSPS) is 18.0. The third-order valence-corrected chi connectivity index (χ3v) is 7.57. The van der Waals surface area contributed by atoms with E-state index >= 15 is 0 Å². The number of nitrogens with one attached hydrogen (secondary N) is 1. The van der Waals surface area contributed by atoms with Gasteiger partial charge in [0.2, 0.25) is 0 Å². The van der Waals surface area contributed by atoms with Crippen molar-refractivity contribution in [3.8, 4) is 0 Å². The molecular formula is C30H39N3O12S. The van der Waals surface area contributed by atoms with Crippen LogP contribution in [0.25, 0.3) is 0 Å². The van der Waals surface area contributed by atoms with Gasteiger partial charge in [0.1, 0.15) is 31.6 Å². The number of aromatic nitrogens is 2. The lowest BCUT2D eigenvalue weighted by Crippen LogP contribution is -2.33. The van der Waals surface area contributed by atoms with Crippen molar-refractivity contribution in [2.45, 2.75) is 83.1 Å². The lowest BCUT2D eigenvalue weighted by molar-refractivity contribution is -0.385. The minimum atomic E-state index is -1.09. The van der Waals surface area contributed by atoms with Gasteiger partial charge in [-0.25, -0.2) is 9.59 Å². The molecule has 1 aliphatic rings. The molecule has 0 aliphatic carbocycles. The van der Waals surface area contributed by atoms with Crippen molar-refractivity contribution >= 4 is 36.4 Å². The molecule has 4 atom stereocenters. The molecule has 2 heterocycles. The van der Waals surface area contributed by atoms with Gasteiger partial charge in [0.05, 0.1) is 24.4 Å². The Morgan fingerprint density at radius 1 is 1.09 bits per heavy atom. The molecule has 1 N–H and O–H groups in total. The van der Waals surface area contributed by atoms with Gasteiger partial charge in [-0.05, 0) is 25.5 Å². The van der Waals surface area contributed by atoms with Crippen LogP contribution in [0, 0.1) is 17.0 Å². The second kappa shape index (κ2) is 18.1. The number of hydrogen-bond acceptors (Lipinski definition) is 13. The summed E-state index contributed by atoms with van der Waals surface area (Å²) in [6.45, 7) is 2.76. The topological polar surface area (TPSA) is 195 Å². The van der Waals surface area contributed by atoms with Gasteiger partial charge in [-0.1, -0.05) is 38.0 Å². The maximum absolute atomic E-state index is 12.6. The minimum absolute atomic E-state index is 0.0222. The van der Waals surface area contributed by atoms with Crippen LogP contribution in [0.3, 0.4) is 0 Å². The first-order valence-corrected chi connectivity index (χ1v) is 15.6. The Bertz CT molecular complexity index is 1480. The molecular weight excluding hydrogens is 626 g/mol. The molecule has 16 heteroatoms. The first-order valence-electron chi connectivity index (χ1n) is 15.0. The van der Waals surface area contributed by atoms with Crippen LogP contribution >= 0.6 is 12.6 Å². The van der Waals surface area contributed by atoms with Crippen LogP contribution in [-0.2, 0) is 33.3 Å². The van der Waals surface area contributed by atoms with Crippen molar-refractivity contribution in [2.24, 2.45) is 0 Å². The van der Waals surface area contributed by atoms with Gasteiger partial charge in [0, 0.05) is 35.7 Å². The average molecular weight is 666 g/mol. The Balaban J connectivity index is 1.57. The van der Waals surface area contributed by atoms with Gasteiger partial charge >= 0.3 is 23.8 Å². The highest BCUT2D eigenvalue weighted by atomic mass is 32.1. The number of unbranched alkanes of at least 4 members (excludes halogenated alkanes) is 3. The highest BCUT2D eigenvalue weighted by Gasteiger charge is 2.40. The SMILES string of the molecule is Cc1cn([C@H]2C[C@H](OC(=O)CCC(=O)OCCCCCCS)[C@@H](COC(=O)OCC(C)c3ccccc3[N+](=O)[O-])O2)c(=O)[nH]c1=O. The number of H-pyrrole nitrogens is 1. The van der Waals surface area contributed by atoms with Gasteiger partial charge in [0.25, 0.3) is 11.2 Å². The summed E-state index contributed by atoms with van der Waals surface area (Å²) in [4.78, 5) is 74.4. The molecule has 1 unspecified atom stereocenters. The number of ether oxygens (including phenoxy) is 5. The summed E-state index contributed by atoms with van der Waals surface area (Å²) < 4.78 is 28.1. The number of aryl methyl sites for hydroxylation is 1. The van der Waals surface area contributed by atoms with E-state index in [1.165, 1.54) is 25.3 Å². The van der Waals surface area contributed by atoms with Gasteiger partial charge in [-0.3, -0.25) is 34.0 Å². The Kier molecular flexibility index (Phi) is 14.3. The Morgan fingerprint density at radius 2 is 1.80 bits per heavy atom. The first kappa shape index (κ1) is 36.3. The maximum atomic E-state index is 12.6. The fourth-order valence-corrected chi connectivity index (χ4v) is 4.97. The maximum Gasteiger partial charge on any atom is 0.508 e. The molecule has 46 heavy (non-hydrogen) atoms. The van der Waals surface area contributed by atoms with E-state index in [2.05, 4.69) is 17.6 Å². The number of benzene rings is 1. The highest BCUT2D eigenvalue weighted by Crippen LogP contribution is 2.31. The van der Waals surface area contributed by atoms with E-state index in [0.29, 0.717) is 12.0 Å². The Labute approximate surface area is 270 Å². The van der Waals surface area contributed by atoms with Crippen molar-refractivity contribution in [2.75, 3.05) is 25.6 Å². The lowest BCUT2D eigenvalue weighted by atomic mass is 10.0. The van der Waals surface area contributed by atoms with E-state index in [0.717, 1.165) is 29.6 Å². The number of thiol groups is 1. The molecule has 0 radical (unpaired) electrons. The van der Waals surface area contributed by atoms with Crippen molar-refractivity contribution in [1.82, 2.24) is 9.55 Å². The molecule has 0 bridgehead atoms. The number of nitro benzene ring substituents is 1. The number of nitrogens with zero attached hydrogens (tertiary/aromatic N) is 2. The van der Waals surface area contributed by atoms with Crippen molar-refractivity contribution in [3.05, 3.63) is 72.5 Å². The minimum Gasteiger partial charge on any atom is -0.466 e. The number of carbonyl (C=O) groups is 3. The van der Waals surface area contributed by atoms with Crippen LogP contribution in [0.15, 0.2) is 40.1 Å². The average Bonchev–Trinajstić information content (AvgIpc) is 3.42. The van der Waals surface area contributed by atoms with Crippen LogP contribution in [-0.4, -0.2) is 70.3 Å². The Morgan fingerprint density at radius 3 is 2.54 bits per heavy atom. The third kappa shape index (κ3) is 11.0. The summed E-state index contributed by atoms with van der Waals surface area (Å²) in [6.07, 6.45) is 0.326. The van der Waals surface area contributed by atoms with Crippen molar-refractivity contribution in [3.63, 3.8) is 0 Å². The predicted molar refractivity (Wildman–Crippen MR) is 166 cm³/mol. The number of nitro groups is 1. The summed E-state index contributed by atoms with van der Waals surface area (Å²) in [7, 11) is 0. The fourth-order valence-electron chi connectivity index (χ4n) is 4.75. The summed E-state index contributed by atoms with van der Waals surface area (Å²) in [5, 5.41) is 11.3. The van der Waals surface area contributed by atoms with E-state index in [4.69, 9.17) is 23.7 Å². The zero-order chi connectivity index (χ0) is 33.6. The van der Waals surface area contributed by atoms with E-state index in [1.807, 2.05) is 0 Å². The van der Waals surface area contributed by atoms with E-state index < -0.39 is 65.2 Å². The summed E-state index contributed by atoms with van der Waals surface area (Å²) >= 11 is 4.15. The summed E-state index contributed by atoms with van der Waals surface area (Å²) in [5.74, 6) is -0.985.